The molecule has 11 heteroatoms. The zero-order chi connectivity index (χ0) is 23.8. The number of H-pyrrole nitrogens is 1. The first kappa shape index (κ1) is 21.6. The number of nitrogens with one attached hydrogen (secondary N) is 2. The van der Waals surface area contributed by atoms with E-state index < -0.39 is 9.84 Å². The number of pyridine rings is 1. The van der Waals surface area contributed by atoms with Gasteiger partial charge in [0.15, 0.2) is 15.7 Å². The molecule has 3 aliphatic heterocycles. The monoisotopic (exact) mass is 497 g/mol. The Labute approximate surface area is 204 Å². The predicted octanol–water partition coefficient (Wildman–Crippen LogP) is 2.07. The second-order valence-electron chi connectivity index (χ2n) is 11.4. The van der Waals surface area contributed by atoms with Crippen molar-refractivity contribution in [1.29, 1.82) is 0 Å². The molecule has 0 bridgehead atoms. The van der Waals surface area contributed by atoms with Crippen molar-refractivity contribution in [3.8, 4) is 0 Å². The van der Waals surface area contributed by atoms with Crippen LogP contribution in [0.15, 0.2) is 18.3 Å². The number of anilines is 1. The van der Waals surface area contributed by atoms with E-state index in [0.717, 1.165) is 56.2 Å². The smallest absolute Gasteiger partial charge is 0.320 e. The SMILES string of the molecule is O=C(N1CC(c2ccc(NC3CCS(=O)(=O)C3)nc2)C1)N1CC2(CC(c3n[nH]c(C4CC4)n3)C2)C1. The lowest BCUT2D eigenvalue weighted by atomic mass is 9.57. The van der Waals surface area contributed by atoms with E-state index in [0.29, 0.717) is 30.0 Å². The average molecular weight is 498 g/mol. The van der Waals surface area contributed by atoms with E-state index in [-0.39, 0.29) is 29.0 Å². The van der Waals surface area contributed by atoms with Gasteiger partial charge in [-0.15, -0.1) is 0 Å². The number of nitrogens with zero attached hydrogens (tertiary/aromatic N) is 5. The third-order valence-corrected chi connectivity index (χ3v) is 10.3. The van der Waals surface area contributed by atoms with Crippen molar-refractivity contribution in [3.63, 3.8) is 0 Å². The third-order valence-electron chi connectivity index (χ3n) is 8.53. The number of likely N-dealkylation sites (tertiary alicyclic amines) is 2. The molecule has 1 unspecified atom stereocenters. The summed E-state index contributed by atoms with van der Waals surface area (Å²) in [6.07, 6.45) is 7.10. The van der Waals surface area contributed by atoms with Crippen molar-refractivity contribution in [1.82, 2.24) is 30.0 Å². The van der Waals surface area contributed by atoms with Crippen molar-refractivity contribution >= 4 is 21.7 Å². The van der Waals surface area contributed by atoms with E-state index in [1.54, 1.807) is 0 Å². The van der Waals surface area contributed by atoms with Crippen LogP contribution in [0, 0.1) is 5.41 Å². The Hall–Kier alpha value is -2.69. The lowest BCUT2D eigenvalue weighted by Gasteiger charge is -2.59. The Morgan fingerprint density at radius 3 is 2.51 bits per heavy atom. The number of urea groups is 1. The molecule has 2 N–H and O–H groups in total. The van der Waals surface area contributed by atoms with Crippen LogP contribution in [0.1, 0.15) is 67.1 Å². The summed E-state index contributed by atoms with van der Waals surface area (Å²) in [5.41, 5.74) is 1.40. The van der Waals surface area contributed by atoms with Crippen LogP contribution in [0.2, 0.25) is 0 Å². The minimum Gasteiger partial charge on any atom is -0.366 e. The van der Waals surface area contributed by atoms with E-state index in [1.165, 1.54) is 12.8 Å². The molecule has 1 atom stereocenters. The second kappa shape index (κ2) is 7.65. The highest BCUT2D eigenvalue weighted by Crippen LogP contribution is 2.56. The van der Waals surface area contributed by atoms with Gasteiger partial charge in [-0.05, 0) is 43.7 Å². The average Bonchev–Trinajstić information content (AvgIpc) is 3.37. The van der Waals surface area contributed by atoms with Gasteiger partial charge in [0.05, 0.1) is 11.5 Å². The van der Waals surface area contributed by atoms with Gasteiger partial charge in [0.2, 0.25) is 0 Å². The molecule has 5 aliphatic rings. The van der Waals surface area contributed by atoms with E-state index in [1.807, 2.05) is 28.1 Å². The predicted molar refractivity (Wildman–Crippen MR) is 129 cm³/mol. The molecule has 0 radical (unpaired) electrons. The molecule has 0 aromatic carbocycles. The number of hydrogen-bond donors (Lipinski definition) is 2. The summed E-state index contributed by atoms with van der Waals surface area (Å²) in [6.45, 7) is 3.15. The van der Waals surface area contributed by atoms with Gasteiger partial charge in [-0.3, -0.25) is 5.10 Å². The third kappa shape index (κ3) is 3.97. The van der Waals surface area contributed by atoms with E-state index in [9.17, 15) is 13.2 Å². The summed E-state index contributed by atoms with van der Waals surface area (Å²) in [5.74, 6) is 4.51. The number of aromatic nitrogens is 4. The first-order chi connectivity index (χ1) is 16.8. The molecule has 2 aromatic heterocycles. The van der Waals surface area contributed by atoms with E-state index in [4.69, 9.17) is 4.98 Å². The first-order valence-corrected chi connectivity index (χ1v) is 14.6. The van der Waals surface area contributed by atoms with Gasteiger partial charge in [0.25, 0.3) is 0 Å². The maximum Gasteiger partial charge on any atom is 0.320 e. The molecule has 186 valence electrons. The summed E-state index contributed by atoms with van der Waals surface area (Å²) in [7, 11) is -2.91. The van der Waals surface area contributed by atoms with Gasteiger partial charge in [-0.1, -0.05) is 6.07 Å². The quantitative estimate of drug-likeness (QED) is 0.648. The molecule has 3 saturated heterocycles. The van der Waals surface area contributed by atoms with Crippen molar-refractivity contribution < 1.29 is 13.2 Å². The summed E-state index contributed by atoms with van der Waals surface area (Å²) < 4.78 is 23.3. The Kier molecular flexibility index (Phi) is 4.72. The number of rotatable bonds is 5. The number of aromatic amines is 1. The molecule has 35 heavy (non-hydrogen) atoms. The van der Waals surface area contributed by atoms with Crippen LogP contribution in [-0.4, -0.2) is 88.1 Å². The molecule has 1 spiro atoms. The zero-order valence-corrected chi connectivity index (χ0v) is 20.5. The van der Waals surface area contributed by atoms with Gasteiger partial charge >= 0.3 is 6.03 Å². The molecule has 7 rings (SSSR count). The normalized spacial score (nSPS) is 27.4. The van der Waals surface area contributed by atoms with Crippen molar-refractivity contribution in [2.75, 3.05) is 43.0 Å². The maximum absolute atomic E-state index is 12.9. The summed E-state index contributed by atoms with van der Waals surface area (Å²) >= 11 is 0. The molecule has 2 aromatic rings. The van der Waals surface area contributed by atoms with Crippen LogP contribution >= 0.6 is 0 Å². The van der Waals surface area contributed by atoms with Crippen LogP contribution in [0.4, 0.5) is 10.6 Å². The first-order valence-electron chi connectivity index (χ1n) is 12.7. The molecular weight excluding hydrogens is 466 g/mol. The van der Waals surface area contributed by atoms with Crippen molar-refractivity contribution in [2.45, 2.75) is 55.9 Å². The number of carbonyl (C=O) groups excluding carboxylic acids is 1. The molecular formula is C24H31N7O3S. The minimum absolute atomic E-state index is 0.0586. The fourth-order valence-corrected chi connectivity index (χ4v) is 7.90. The minimum atomic E-state index is -2.91. The van der Waals surface area contributed by atoms with Crippen LogP contribution in [0.3, 0.4) is 0 Å². The Morgan fingerprint density at radius 1 is 1.06 bits per heavy atom. The Bertz CT molecular complexity index is 1240. The summed E-state index contributed by atoms with van der Waals surface area (Å²) in [5, 5.41) is 10.8. The lowest BCUT2D eigenvalue weighted by molar-refractivity contribution is -0.0601. The maximum atomic E-state index is 12.9. The van der Waals surface area contributed by atoms with E-state index in [2.05, 4.69) is 20.5 Å². The molecule has 2 saturated carbocycles. The second-order valence-corrected chi connectivity index (χ2v) is 13.6. The largest absolute Gasteiger partial charge is 0.366 e. The van der Waals surface area contributed by atoms with Crippen LogP contribution in [0.25, 0.3) is 0 Å². The topological polar surface area (TPSA) is 124 Å². The summed E-state index contributed by atoms with van der Waals surface area (Å²) in [4.78, 5) is 26.0. The fourth-order valence-electron chi connectivity index (χ4n) is 6.23. The molecule has 5 heterocycles. The number of hydrogen-bond acceptors (Lipinski definition) is 7. The van der Waals surface area contributed by atoms with Crippen molar-refractivity contribution in [3.05, 3.63) is 35.5 Å². The number of sulfone groups is 1. The van der Waals surface area contributed by atoms with Crippen LogP contribution < -0.4 is 5.32 Å². The molecule has 2 aliphatic carbocycles. The Balaban J connectivity index is 0.860. The molecule has 10 nitrogen and oxygen atoms in total. The van der Waals surface area contributed by atoms with Crippen LogP contribution in [-0.2, 0) is 9.84 Å². The molecule has 5 fully saturated rings. The number of carbonyl (C=O) groups is 1. The van der Waals surface area contributed by atoms with Crippen molar-refractivity contribution in [2.24, 2.45) is 5.41 Å². The standard InChI is InChI=1S/C24H31N7O3S/c32-23(31-13-24(14-31)7-17(8-24)22-27-21(28-29-22)15-1-2-15)30-10-18(11-30)16-3-4-20(25-9-16)26-19-5-6-35(33,34)12-19/h3-4,9,15,17-19H,1-2,5-8,10-14H2,(H,25,26)(H,27,28,29). The van der Waals surface area contributed by atoms with Gasteiger partial charge in [0.1, 0.15) is 11.6 Å². The molecule has 2 amide bonds. The van der Waals surface area contributed by atoms with Gasteiger partial charge in [-0.25, -0.2) is 23.2 Å². The van der Waals surface area contributed by atoms with Gasteiger partial charge in [-0.2, -0.15) is 5.10 Å². The highest BCUT2D eigenvalue weighted by molar-refractivity contribution is 7.91. The highest BCUT2D eigenvalue weighted by Gasteiger charge is 2.56. The van der Waals surface area contributed by atoms with Gasteiger partial charge < -0.3 is 15.1 Å². The van der Waals surface area contributed by atoms with Gasteiger partial charge in [0, 0.05) is 61.6 Å². The zero-order valence-electron chi connectivity index (χ0n) is 19.7. The van der Waals surface area contributed by atoms with Crippen LogP contribution in [0.5, 0.6) is 0 Å². The highest BCUT2D eigenvalue weighted by atomic mass is 32.2. The Morgan fingerprint density at radius 2 is 1.86 bits per heavy atom. The van der Waals surface area contributed by atoms with E-state index >= 15 is 0 Å². The summed E-state index contributed by atoms with van der Waals surface area (Å²) in [6, 6.07) is 4.05. The fraction of sp³-hybridized carbons (Fsp3) is 0.667. The lowest BCUT2D eigenvalue weighted by Crippen LogP contribution is -2.67. The number of amides is 2.